The van der Waals surface area contributed by atoms with E-state index < -0.39 is 0 Å². The first-order valence-corrected chi connectivity index (χ1v) is 8.56. The molecule has 0 aromatic heterocycles. The predicted molar refractivity (Wildman–Crippen MR) is 96.0 cm³/mol. The summed E-state index contributed by atoms with van der Waals surface area (Å²) < 4.78 is 5.73. The van der Waals surface area contributed by atoms with Crippen LogP contribution >= 0.6 is 23.2 Å². The monoisotopic (exact) mass is 364 g/mol. The van der Waals surface area contributed by atoms with Crippen LogP contribution in [0.5, 0.6) is 5.75 Å². The average molecular weight is 365 g/mol. The lowest BCUT2D eigenvalue weighted by Crippen LogP contribution is -2.46. The van der Waals surface area contributed by atoms with Gasteiger partial charge in [0.2, 0.25) is 0 Å². The van der Waals surface area contributed by atoms with Crippen molar-refractivity contribution >= 4 is 29.1 Å². The number of nitrogens with one attached hydrogen (secondary N) is 1. The summed E-state index contributed by atoms with van der Waals surface area (Å²) in [6.07, 6.45) is 0. The highest BCUT2D eigenvalue weighted by Gasteiger charge is 2.17. The van der Waals surface area contributed by atoms with E-state index in [-0.39, 0.29) is 5.91 Å². The molecule has 24 heavy (non-hydrogen) atoms. The Morgan fingerprint density at radius 3 is 2.46 bits per heavy atom. The third-order valence-electron chi connectivity index (χ3n) is 3.91. The summed E-state index contributed by atoms with van der Waals surface area (Å²) in [7, 11) is 0. The molecule has 1 aliphatic rings. The van der Waals surface area contributed by atoms with Crippen LogP contribution in [0.2, 0.25) is 10.0 Å². The largest absolute Gasteiger partial charge is 0.489 e. The minimum Gasteiger partial charge on any atom is -0.489 e. The fraction of sp³-hybridized carbons (Fsp3) is 0.278. The molecule has 0 aliphatic carbocycles. The summed E-state index contributed by atoms with van der Waals surface area (Å²) in [5.41, 5.74) is 1.54. The highest BCUT2D eigenvalue weighted by Crippen LogP contribution is 2.23. The summed E-state index contributed by atoms with van der Waals surface area (Å²) in [5.74, 6) is 0.752. The van der Waals surface area contributed by atoms with Crippen molar-refractivity contribution in [2.45, 2.75) is 6.61 Å². The number of rotatable bonds is 4. The second-order valence-corrected chi connectivity index (χ2v) is 6.43. The van der Waals surface area contributed by atoms with Gasteiger partial charge in [0, 0.05) is 47.4 Å². The Morgan fingerprint density at radius 2 is 1.79 bits per heavy atom. The van der Waals surface area contributed by atoms with Crippen molar-refractivity contribution in [2.24, 2.45) is 0 Å². The number of piperazine rings is 1. The number of hydrogen-bond donors (Lipinski definition) is 1. The average Bonchev–Trinajstić information content (AvgIpc) is 2.62. The van der Waals surface area contributed by atoms with Gasteiger partial charge in [0.1, 0.15) is 12.4 Å². The van der Waals surface area contributed by atoms with Crippen LogP contribution < -0.4 is 10.1 Å². The number of ether oxygens (including phenoxy) is 1. The normalized spacial score (nSPS) is 14.5. The van der Waals surface area contributed by atoms with Crippen LogP contribution in [0.3, 0.4) is 0 Å². The van der Waals surface area contributed by atoms with Gasteiger partial charge in [0.25, 0.3) is 5.91 Å². The van der Waals surface area contributed by atoms with Gasteiger partial charge in [0.15, 0.2) is 0 Å². The third-order valence-corrected chi connectivity index (χ3v) is 4.50. The van der Waals surface area contributed by atoms with E-state index in [0.717, 1.165) is 31.7 Å². The number of amides is 1. The Kier molecular flexibility index (Phi) is 5.61. The molecule has 1 aliphatic heterocycles. The van der Waals surface area contributed by atoms with Crippen LogP contribution in [-0.2, 0) is 6.61 Å². The maximum atomic E-state index is 12.4. The lowest BCUT2D eigenvalue weighted by molar-refractivity contribution is 0.0736. The second-order valence-electron chi connectivity index (χ2n) is 5.59. The van der Waals surface area contributed by atoms with Crippen LogP contribution in [-0.4, -0.2) is 37.0 Å². The van der Waals surface area contributed by atoms with E-state index in [4.69, 9.17) is 27.9 Å². The number of nitrogens with zero attached hydrogens (tertiary/aromatic N) is 1. The van der Waals surface area contributed by atoms with E-state index in [0.29, 0.717) is 28.0 Å². The molecule has 4 nitrogen and oxygen atoms in total. The second kappa shape index (κ2) is 7.88. The molecule has 2 aromatic carbocycles. The van der Waals surface area contributed by atoms with Gasteiger partial charge in [-0.1, -0.05) is 29.3 Å². The molecule has 1 heterocycles. The lowest BCUT2D eigenvalue weighted by atomic mass is 10.1. The van der Waals surface area contributed by atoms with Crippen LogP contribution in [0.1, 0.15) is 15.9 Å². The summed E-state index contributed by atoms with van der Waals surface area (Å²) in [6.45, 7) is 3.52. The molecule has 0 atom stereocenters. The fourth-order valence-electron chi connectivity index (χ4n) is 2.54. The zero-order valence-electron chi connectivity index (χ0n) is 13.1. The van der Waals surface area contributed by atoms with Crippen molar-refractivity contribution in [3.05, 3.63) is 63.6 Å². The molecule has 0 spiro atoms. The Bertz CT molecular complexity index is 713. The van der Waals surface area contributed by atoms with E-state index in [2.05, 4.69) is 5.32 Å². The Balaban J connectivity index is 1.61. The van der Waals surface area contributed by atoms with Gasteiger partial charge in [-0.3, -0.25) is 4.79 Å². The number of carbonyl (C=O) groups excluding carboxylic acids is 1. The van der Waals surface area contributed by atoms with Gasteiger partial charge in [-0.25, -0.2) is 0 Å². The minimum absolute atomic E-state index is 0.0591. The summed E-state index contributed by atoms with van der Waals surface area (Å²) >= 11 is 12.0. The van der Waals surface area contributed by atoms with Gasteiger partial charge in [-0.15, -0.1) is 0 Å². The summed E-state index contributed by atoms with van der Waals surface area (Å²) in [6, 6.07) is 12.5. The quantitative estimate of drug-likeness (QED) is 0.900. The highest BCUT2D eigenvalue weighted by molar-refractivity contribution is 6.35. The zero-order valence-corrected chi connectivity index (χ0v) is 14.6. The van der Waals surface area contributed by atoms with E-state index in [1.54, 1.807) is 36.4 Å². The van der Waals surface area contributed by atoms with Crippen LogP contribution in [0, 0.1) is 0 Å². The first kappa shape index (κ1) is 17.1. The fourth-order valence-corrected chi connectivity index (χ4v) is 3.01. The maximum Gasteiger partial charge on any atom is 0.253 e. The van der Waals surface area contributed by atoms with Gasteiger partial charge in [-0.05, 0) is 36.4 Å². The van der Waals surface area contributed by atoms with Crippen LogP contribution in [0.25, 0.3) is 0 Å². The third kappa shape index (κ3) is 4.20. The van der Waals surface area contributed by atoms with E-state index in [1.807, 2.05) is 11.0 Å². The van der Waals surface area contributed by atoms with Gasteiger partial charge in [0.05, 0.1) is 0 Å². The molecule has 0 bridgehead atoms. The SMILES string of the molecule is O=C(c1ccc(OCc2ccc(Cl)cc2Cl)cc1)N1CCNCC1. The molecule has 1 amide bonds. The van der Waals surface area contributed by atoms with Crippen molar-refractivity contribution in [3.63, 3.8) is 0 Å². The molecule has 0 unspecified atom stereocenters. The van der Waals surface area contributed by atoms with Crippen LogP contribution in [0.15, 0.2) is 42.5 Å². The molecule has 1 saturated heterocycles. The smallest absolute Gasteiger partial charge is 0.253 e. The number of benzene rings is 2. The molecule has 2 aromatic rings. The minimum atomic E-state index is 0.0591. The van der Waals surface area contributed by atoms with Crippen molar-refractivity contribution in [1.29, 1.82) is 0 Å². The molecule has 126 valence electrons. The molecular weight excluding hydrogens is 347 g/mol. The van der Waals surface area contributed by atoms with Crippen LogP contribution in [0.4, 0.5) is 0 Å². The van der Waals surface area contributed by atoms with Crippen molar-refractivity contribution < 1.29 is 9.53 Å². The first-order valence-electron chi connectivity index (χ1n) is 7.80. The van der Waals surface area contributed by atoms with Gasteiger partial charge >= 0.3 is 0 Å². The van der Waals surface area contributed by atoms with Crippen molar-refractivity contribution in [1.82, 2.24) is 10.2 Å². The zero-order chi connectivity index (χ0) is 16.9. The molecule has 3 rings (SSSR count). The molecule has 0 radical (unpaired) electrons. The molecular formula is C18H18Cl2N2O2. The first-order chi connectivity index (χ1) is 11.6. The van der Waals surface area contributed by atoms with Crippen molar-refractivity contribution in [3.8, 4) is 5.75 Å². The number of carbonyl (C=O) groups is 1. The summed E-state index contributed by atoms with van der Waals surface area (Å²) in [5, 5.41) is 4.41. The van der Waals surface area contributed by atoms with E-state index in [9.17, 15) is 4.79 Å². The van der Waals surface area contributed by atoms with Gasteiger partial charge < -0.3 is 15.0 Å². The van der Waals surface area contributed by atoms with Gasteiger partial charge in [-0.2, -0.15) is 0 Å². The molecule has 0 saturated carbocycles. The Morgan fingerprint density at radius 1 is 1.08 bits per heavy atom. The topological polar surface area (TPSA) is 41.6 Å². The number of halogens is 2. The Labute approximate surface area is 151 Å². The van der Waals surface area contributed by atoms with E-state index in [1.165, 1.54) is 0 Å². The Hall–Kier alpha value is -1.75. The molecule has 6 heteroatoms. The summed E-state index contributed by atoms with van der Waals surface area (Å²) in [4.78, 5) is 14.3. The maximum absolute atomic E-state index is 12.4. The molecule has 1 N–H and O–H groups in total. The standard InChI is InChI=1S/C18H18Cl2N2O2/c19-15-4-1-14(17(20)11-15)12-24-16-5-2-13(3-6-16)18(23)22-9-7-21-8-10-22/h1-6,11,21H,7-10,12H2. The van der Waals surface area contributed by atoms with E-state index >= 15 is 0 Å². The predicted octanol–water partition coefficient (Wildman–Crippen LogP) is 3.62. The molecule has 1 fully saturated rings. The highest BCUT2D eigenvalue weighted by atomic mass is 35.5. The number of hydrogen-bond acceptors (Lipinski definition) is 3. The van der Waals surface area contributed by atoms with Crippen molar-refractivity contribution in [2.75, 3.05) is 26.2 Å². The lowest BCUT2D eigenvalue weighted by Gasteiger charge is -2.27.